The smallest absolute Gasteiger partial charge is 0.232 e. The van der Waals surface area contributed by atoms with Crippen LogP contribution in [0.25, 0.3) is 17.0 Å². The van der Waals surface area contributed by atoms with E-state index in [1.165, 1.54) is 12.1 Å². The Hall–Kier alpha value is -4.06. The number of halogens is 1. The molecule has 1 aromatic heterocycles. The molecule has 3 aromatic carbocycles. The minimum Gasteiger partial charge on any atom is -0.497 e. The Balaban J connectivity index is 1.44. The van der Waals surface area contributed by atoms with Crippen LogP contribution in [0.15, 0.2) is 66.6 Å². The van der Waals surface area contributed by atoms with E-state index in [1.807, 2.05) is 42.9 Å². The number of hydrogen-bond acceptors (Lipinski definition) is 4. The lowest BCUT2D eigenvalue weighted by Gasteiger charge is -2.09. The minimum atomic E-state index is -0.309. The third kappa shape index (κ3) is 3.84. The number of methoxy groups -OCH3 is 1. The molecule has 2 heterocycles. The number of Topliss-reactive ketones (excluding diaryl/α,β-unsaturated/α-hetero) is 1. The van der Waals surface area contributed by atoms with Gasteiger partial charge in [-0.05, 0) is 60.5 Å². The average Bonchev–Trinajstić information content (AvgIpc) is 3.28. The molecule has 0 saturated carbocycles. The van der Waals surface area contributed by atoms with Gasteiger partial charge in [-0.15, -0.1) is 0 Å². The summed E-state index contributed by atoms with van der Waals surface area (Å²) >= 11 is 0. The lowest BCUT2D eigenvalue weighted by atomic mass is 10.0. The van der Waals surface area contributed by atoms with E-state index in [-0.39, 0.29) is 24.0 Å². The van der Waals surface area contributed by atoms with E-state index in [9.17, 15) is 9.18 Å². The summed E-state index contributed by atoms with van der Waals surface area (Å²) in [5, 5.41) is 0.965. The van der Waals surface area contributed by atoms with E-state index in [0.29, 0.717) is 17.1 Å². The van der Waals surface area contributed by atoms with E-state index < -0.39 is 0 Å². The standard InChI is InChI=1S/C27H22FNO4/c1-16-9-21(32-15-17-5-4-6-19(28)10-17)13-24-26(16)27(30)25(33-24)11-18-14-29(2)23-8-7-20(31-3)12-22(18)23/h4-14H,15H2,1-3H3/b25-11-. The molecule has 0 aliphatic carbocycles. The van der Waals surface area contributed by atoms with E-state index in [4.69, 9.17) is 14.2 Å². The second kappa shape index (κ2) is 8.13. The van der Waals surface area contributed by atoms with Crippen LogP contribution in [-0.4, -0.2) is 17.5 Å². The molecule has 4 aromatic rings. The van der Waals surface area contributed by atoms with Gasteiger partial charge in [0.25, 0.3) is 0 Å². The molecule has 33 heavy (non-hydrogen) atoms. The largest absolute Gasteiger partial charge is 0.497 e. The summed E-state index contributed by atoms with van der Waals surface area (Å²) in [6, 6.07) is 15.6. The summed E-state index contributed by atoms with van der Waals surface area (Å²) in [4.78, 5) is 13.1. The maximum absolute atomic E-state index is 13.4. The number of nitrogens with zero attached hydrogens (tertiary/aromatic N) is 1. The highest BCUT2D eigenvalue weighted by atomic mass is 19.1. The predicted molar refractivity (Wildman–Crippen MR) is 124 cm³/mol. The second-order valence-electron chi connectivity index (χ2n) is 8.05. The van der Waals surface area contributed by atoms with E-state index in [1.54, 1.807) is 37.5 Å². The number of carbonyl (C=O) groups excluding carboxylic acids is 1. The summed E-state index contributed by atoms with van der Waals surface area (Å²) in [6.07, 6.45) is 3.72. The van der Waals surface area contributed by atoms with Gasteiger partial charge in [0, 0.05) is 35.8 Å². The molecule has 0 N–H and O–H groups in total. The van der Waals surface area contributed by atoms with Gasteiger partial charge in [0.15, 0.2) is 5.76 Å². The van der Waals surface area contributed by atoms with Gasteiger partial charge in [0.05, 0.1) is 12.7 Å². The van der Waals surface area contributed by atoms with Crippen molar-refractivity contribution in [1.29, 1.82) is 0 Å². The van der Waals surface area contributed by atoms with E-state index >= 15 is 0 Å². The quantitative estimate of drug-likeness (QED) is 0.364. The first-order valence-electron chi connectivity index (χ1n) is 10.5. The van der Waals surface area contributed by atoms with Gasteiger partial charge < -0.3 is 18.8 Å². The van der Waals surface area contributed by atoms with E-state index in [2.05, 4.69) is 0 Å². The van der Waals surface area contributed by atoms with Crippen LogP contribution in [0, 0.1) is 12.7 Å². The molecule has 1 aliphatic heterocycles. The van der Waals surface area contributed by atoms with Gasteiger partial charge in [-0.3, -0.25) is 4.79 Å². The number of carbonyl (C=O) groups is 1. The molecule has 1 aliphatic rings. The number of aryl methyl sites for hydroxylation is 2. The molecule has 0 bridgehead atoms. The van der Waals surface area contributed by atoms with Crippen LogP contribution < -0.4 is 14.2 Å². The Kier molecular flexibility index (Phi) is 5.13. The van der Waals surface area contributed by atoms with Crippen LogP contribution in [0.3, 0.4) is 0 Å². The molecule has 5 rings (SSSR count). The Morgan fingerprint density at radius 2 is 1.94 bits per heavy atom. The van der Waals surface area contributed by atoms with Crippen LogP contribution in [0.4, 0.5) is 4.39 Å². The lowest BCUT2D eigenvalue weighted by molar-refractivity contribution is 0.101. The Bertz CT molecular complexity index is 1430. The van der Waals surface area contributed by atoms with Crippen molar-refractivity contribution in [3.63, 3.8) is 0 Å². The third-order valence-corrected chi connectivity index (χ3v) is 5.75. The Morgan fingerprint density at radius 1 is 1.09 bits per heavy atom. The maximum Gasteiger partial charge on any atom is 0.232 e. The highest BCUT2D eigenvalue weighted by molar-refractivity contribution is 6.16. The number of rotatable bonds is 5. The molecule has 0 saturated heterocycles. The highest BCUT2D eigenvalue weighted by Gasteiger charge is 2.30. The number of aromatic nitrogens is 1. The van der Waals surface area contributed by atoms with Crippen molar-refractivity contribution in [1.82, 2.24) is 4.57 Å². The van der Waals surface area contributed by atoms with Crippen molar-refractivity contribution >= 4 is 22.8 Å². The number of allylic oxidation sites excluding steroid dienone is 1. The summed E-state index contributed by atoms with van der Waals surface area (Å²) in [7, 11) is 3.58. The Labute approximate surface area is 190 Å². The summed E-state index contributed by atoms with van der Waals surface area (Å²) < 4.78 is 32.6. The first kappa shape index (κ1) is 20.8. The molecule has 0 spiro atoms. The summed E-state index contributed by atoms with van der Waals surface area (Å²) in [5.74, 6) is 1.53. The van der Waals surface area contributed by atoms with Crippen molar-refractivity contribution < 1.29 is 23.4 Å². The van der Waals surface area contributed by atoms with Crippen LogP contribution in [0.2, 0.25) is 0 Å². The number of benzene rings is 3. The van der Waals surface area contributed by atoms with Gasteiger partial charge in [-0.2, -0.15) is 0 Å². The van der Waals surface area contributed by atoms with Crippen molar-refractivity contribution in [2.45, 2.75) is 13.5 Å². The zero-order valence-corrected chi connectivity index (χ0v) is 18.5. The van der Waals surface area contributed by atoms with Crippen LogP contribution in [0.1, 0.15) is 27.0 Å². The fourth-order valence-electron chi connectivity index (χ4n) is 4.14. The Morgan fingerprint density at radius 3 is 2.73 bits per heavy atom. The number of ether oxygens (including phenoxy) is 3. The second-order valence-corrected chi connectivity index (χ2v) is 8.05. The normalized spacial score (nSPS) is 13.9. The summed E-state index contributed by atoms with van der Waals surface area (Å²) in [6.45, 7) is 2.06. The van der Waals surface area contributed by atoms with Gasteiger partial charge in [-0.25, -0.2) is 4.39 Å². The SMILES string of the molecule is COc1ccc2c(c1)c(/C=C1\Oc3cc(OCc4cccc(F)c4)cc(C)c3C1=O)cn2C. The monoisotopic (exact) mass is 443 g/mol. The molecular formula is C27H22FNO4. The molecule has 0 amide bonds. The van der Waals surface area contributed by atoms with E-state index in [0.717, 1.165) is 33.3 Å². The van der Waals surface area contributed by atoms with Crippen LogP contribution in [0.5, 0.6) is 17.2 Å². The fraction of sp³-hybridized carbons (Fsp3) is 0.148. The number of fused-ring (bicyclic) bond motifs is 2. The van der Waals surface area contributed by atoms with Crippen molar-refractivity contribution in [3.05, 3.63) is 94.6 Å². The molecule has 6 heteroatoms. The molecular weight excluding hydrogens is 421 g/mol. The summed E-state index contributed by atoms with van der Waals surface area (Å²) in [5.41, 5.74) is 3.89. The van der Waals surface area contributed by atoms with Gasteiger partial charge >= 0.3 is 0 Å². The molecule has 0 fully saturated rings. The van der Waals surface area contributed by atoms with Crippen molar-refractivity contribution in [2.24, 2.45) is 7.05 Å². The van der Waals surface area contributed by atoms with Crippen LogP contribution in [-0.2, 0) is 13.7 Å². The predicted octanol–water partition coefficient (Wildman–Crippen LogP) is 5.83. The van der Waals surface area contributed by atoms with Crippen LogP contribution >= 0.6 is 0 Å². The third-order valence-electron chi connectivity index (χ3n) is 5.75. The highest BCUT2D eigenvalue weighted by Crippen LogP contribution is 2.38. The van der Waals surface area contributed by atoms with Gasteiger partial charge in [-0.1, -0.05) is 12.1 Å². The first-order valence-corrected chi connectivity index (χ1v) is 10.5. The zero-order chi connectivity index (χ0) is 23.1. The van der Waals surface area contributed by atoms with Gasteiger partial charge in [0.2, 0.25) is 5.78 Å². The minimum absolute atomic E-state index is 0.168. The lowest BCUT2D eigenvalue weighted by Crippen LogP contribution is -2.00. The molecule has 0 atom stereocenters. The average molecular weight is 443 g/mol. The van der Waals surface area contributed by atoms with Crippen molar-refractivity contribution in [2.75, 3.05) is 7.11 Å². The maximum atomic E-state index is 13.4. The molecule has 0 radical (unpaired) electrons. The fourth-order valence-corrected chi connectivity index (χ4v) is 4.14. The zero-order valence-electron chi connectivity index (χ0n) is 18.5. The number of hydrogen-bond donors (Lipinski definition) is 0. The molecule has 5 nitrogen and oxygen atoms in total. The van der Waals surface area contributed by atoms with Gasteiger partial charge in [0.1, 0.15) is 29.7 Å². The first-order chi connectivity index (χ1) is 15.9. The number of ketones is 1. The molecule has 166 valence electrons. The van der Waals surface area contributed by atoms with Crippen molar-refractivity contribution in [3.8, 4) is 17.2 Å². The molecule has 0 unspecified atom stereocenters. The topological polar surface area (TPSA) is 49.7 Å².